The summed E-state index contributed by atoms with van der Waals surface area (Å²) in [4.78, 5) is 2.41. The summed E-state index contributed by atoms with van der Waals surface area (Å²) in [6.07, 6.45) is 0. The van der Waals surface area contributed by atoms with Crippen molar-refractivity contribution < 1.29 is 0 Å². The van der Waals surface area contributed by atoms with E-state index in [0.717, 1.165) is 22.7 Å². The molecule has 0 aliphatic heterocycles. The topological polar surface area (TPSA) is 8.17 Å². The average molecular weight is 755 g/mol. The number of hydrogen-bond donors (Lipinski definition) is 0. The van der Waals surface area contributed by atoms with Crippen LogP contribution in [-0.4, -0.2) is 4.57 Å². The largest absolute Gasteiger partial charge is 0.310 e. The molecule has 2 nitrogen and oxygen atoms in total. The molecule has 0 fully saturated rings. The first-order chi connectivity index (χ1) is 29.0. The molecule has 9 aromatic carbocycles. The van der Waals surface area contributed by atoms with Crippen LogP contribution in [0.3, 0.4) is 0 Å². The molecule has 11 rings (SSSR count). The molecule has 10 aromatic rings. The molecule has 0 N–H and O–H groups in total. The molecule has 1 heterocycles. The van der Waals surface area contributed by atoms with Gasteiger partial charge in [0.2, 0.25) is 0 Å². The van der Waals surface area contributed by atoms with E-state index in [1.807, 2.05) is 0 Å². The number of rotatable bonds is 7. The lowest BCUT2D eigenvalue weighted by Crippen LogP contribution is -2.16. The highest BCUT2D eigenvalue weighted by molar-refractivity contribution is 6.19. The number of anilines is 3. The number of para-hydroxylation sites is 1. The van der Waals surface area contributed by atoms with Crippen LogP contribution >= 0.6 is 0 Å². The van der Waals surface area contributed by atoms with Crippen LogP contribution < -0.4 is 4.90 Å². The van der Waals surface area contributed by atoms with Crippen molar-refractivity contribution in [1.29, 1.82) is 0 Å². The van der Waals surface area contributed by atoms with Gasteiger partial charge in [-0.3, -0.25) is 0 Å². The average Bonchev–Trinajstić information content (AvgIpc) is 3.76. The Kier molecular flexibility index (Phi) is 8.20. The molecular weight excluding hydrogens is 713 g/mol. The molecule has 0 radical (unpaired) electrons. The minimum Gasteiger partial charge on any atom is -0.310 e. The summed E-state index contributed by atoms with van der Waals surface area (Å²) >= 11 is 0. The zero-order valence-corrected chi connectivity index (χ0v) is 33.2. The van der Waals surface area contributed by atoms with E-state index in [1.54, 1.807) is 0 Å². The second kappa shape index (κ2) is 13.9. The summed E-state index contributed by atoms with van der Waals surface area (Å²) in [6, 6.07) is 79.8. The third kappa shape index (κ3) is 5.71. The molecule has 1 aromatic heterocycles. The summed E-state index contributed by atoms with van der Waals surface area (Å²) in [5.41, 5.74) is 19.4. The van der Waals surface area contributed by atoms with E-state index in [9.17, 15) is 0 Å². The van der Waals surface area contributed by atoms with E-state index < -0.39 is 0 Å². The van der Waals surface area contributed by atoms with Gasteiger partial charge in [0, 0.05) is 44.5 Å². The van der Waals surface area contributed by atoms with Gasteiger partial charge in [-0.25, -0.2) is 0 Å². The van der Waals surface area contributed by atoms with Crippen molar-refractivity contribution in [2.24, 2.45) is 0 Å². The van der Waals surface area contributed by atoms with Gasteiger partial charge < -0.3 is 9.47 Å². The van der Waals surface area contributed by atoms with E-state index in [1.165, 1.54) is 77.4 Å². The van der Waals surface area contributed by atoms with Gasteiger partial charge in [0.05, 0.1) is 11.0 Å². The lowest BCUT2D eigenvalue weighted by molar-refractivity contribution is 0.660. The molecule has 0 unspecified atom stereocenters. The van der Waals surface area contributed by atoms with Crippen molar-refractivity contribution in [3.63, 3.8) is 0 Å². The van der Waals surface area contributed by atoms with Crippen LogP contribution in [0.25, 0.3) is 72.0 Å². The number of nitrogens with zero attached hydrogens (tertiary/aromatic N) is 2. The van der Waals surface area contributed by atoms with Crippen LogP contribution in [0.4, 0.5) is 17.1 Å². The van der Waals surface area contributed by atoms with E-state index in [0.29, 0.717) is 0 Å². The molecular formula is C57H42N2. The standard InChI is InChI=1S/C57H42N2/c1-57(2)52-24-14-12-22-49(52)50-35-34-46(38-53(50)57)58(43-28-26-40(27-29-43)39-16-6-3-7-17-39)44-30-32-45(33-31-44)59-54-25-15-13-23-51(54)55-47(41-18-8-4-9-19-41)36-37-48(56(55)59)42-20-10-5-11-21-42/h3-38H,1-2H3. The van der Waals surface area contributed by atoms with Crippen molar-refractivity contribution >= 4 is 38.9 Å². The summed E-state index contributed by atoms with van der Waals surface area (Å²) < 4.78 is 2.47. The maximum atomic E-state index is 2.47. The second-order valence-electron chi connectivity index (χ2n) is 16.1. The fourth-order valence-electron chi connectivity index (χ4n) is 9.54. The van der Waals surface area contributed by atoms with Crippen LogP contribution in [0.15, 0.2) is 218 Å². The molecule has 2 heteroatoms. The Hall–Kier alpha value is -7.42. The van der Waals surface area contributed by atoms with Gasteiger partial charge in [0.25, 0.3) is 0 Å². The van der Waals surface area contributed by atoms with Crippen molar-refractivity contribution in [2.75, 3.05) is 4.90 Å². The van der Waals surface area contributed by atoms with Crippen molar-refractivity contribution in [2.45, 2.75) is 19.3 Å². The van der Waals surface area contributed by atoms with Crippen LogP contribution in [-0.2, 0) is 5.41 Å². The minimum atomic E-state index is -0.111. The minimum absolute atomic E-state index is 0.111. The molecule has 0 amide bonds. The van der Waals surface area contributed by atoms with Gasteiger partial charge in [-0.1, -0.05) is 178 Å². The molecule has 0 atom stereocenters. The Morgan fingerprint density at radius 2 is 0.864 bits per heavy atom. The van der Waals surface area contributed by atoms with E-state index in [-0.39, 0.29) is 5.41 Å². The first kappa shape index (κ1) is 34.8. The van der Waals surface area contributed by atoms with E-state index in [2.05, 4.69) is 242 Å². The number of benzene rings is 9. The molecule has 0 spiro atoms. The predicted molar refractivity (Wildman–Crippen MR) is 249 cm³/mol. The van der Waals surface area contributed by atoms with Crippen molar-refractivity contribution in [3.8, 4) is 50.2 Å². The summed E-state index contributed by atoms with van der Waals surface area (Å²) in [5, 5.41) is 2.50. The molecule has 0 saturated carbocycles. The number of fused-ring (bicyclic) bond motifs is 6. The third-order valence-corrected chi connectivity index (χ3v) is 12.4. The monoisotopic (exact) mass is 754 g/mol. The number of aromatic nitrogens is 1. The first-order valence-electron chi connectivity index (χ1n) is 20.5. The maximum Gasteiger partial charge on any atom is 0.0625 e. The first-order valence-corrected chi connectivity index (χ1v) is 20.5. The summed E-state index contributed by atoms with van der Waals surface area (Å²) in [7, 11) is 0. The fourth-order valence-corrected chi connectivity index (χ4v) is 9.54. The Labute approximate surface area is 345 Å². The highest BCUT2D eigenvalue weighted by Crippen LogP contribution is 2.51. The summed E-state index contributed by atoms with van der Waals surface area (Å²) in [6.45, 7) is 4.71. The lowest BCUT2D eigenvalue weighted by Gasteiger charge is -2.28. The fraction of sp³-hybridized carbons (Fsp3) is 0.0526. The van der Waals surface area contributed by atoms with Gasteiger partial charge in [-0.05, 0) is 105 Å². The summed E-state index contributed by atoms with van der Waals surface area (Å²) in [5.74, 6) is 0. The van der Waals surface area contributed by atoms with Gasteiger partial charge in [0.1, 0.15) is 0 Å². The molecule has 0 bridgehead atoms. The Bertz CT molecular complexity index is 3140. The van der Waals surface area contributed by atoms with Gasteiger partial charge >= 0.3 is 0 Å². The zero-order chi connectivity index (χ0) is 39.5. The van der Waals surface area contributed by atoms with Gasteiger partial charge in [0.15, 0.2) is 0 Å². The molecule has 1 aliphatic rings. The van der Waals surface area contributed by atoms with E-state index in [4.69, 9.17) is 0 Å². The van der Waals surface area contributed by atoms with Gasteiger partial charge in [-0.2, -0.15) is 0 Å². The van der Waals surface area contributed by atoms with Crippen LogP contribution in [0, 0.1) is 0 Å². The smallest absolute Gasteiger partial charge is 0.0625 e. The zero-order valence-electron chi connectivity index (χ0n) is 33.2. The van der Waals surface area contributed by atoms with Crippen molar-refractivity contribution in [1.82, 2.24) is 4.57 Å². The normalized spacial score (nSPS) is 12.7. The van der Waals surface area contributed by atoms with Crippen LogP contribution in [0.2, 0.25) is 0 Å². The van der Waals surface area contributed by atoms with Crippen molar-refractivity contribution in [3.05, 3.63) is 230 Å². The third-order valence-electron chi connectivity index (χ3n) is 12.4. The second-order valence-corrected chi connectivity index (χ2v) is 16.1. The number of hydrogen-bond acceptors (Lipinski definition) is 1. The molecule has 0 saturated heterocycles. The molecule has 1 aliphatic carbocycles. The maximum absolute atomic E-state index is 2.47. The Balaban J connectivity index is 1.09. The molecule has 280 valence electrons. The Morgan fingerprint density at radius 1 is 0.373 bits per heavy atom. The highest BCUT2D eigenvalue weighted by atomic mass is 15.1. The molecule has 59 heavy (non-hydrogen) atoms. The quantitative estimate of drug-likeness (QED) is 0.157. The van der Waals surface area contributed by atoms with Crippen LogP contribution in [0.5, 0.6) is 0 Å². The van der Waals surface area contributed by atoms with Gasteiger partial charge in [-0.15, -0.1) is 0 Å². The highest BCUT2D eigenvalue weighted by Gasteiger charge is 2.35. The lowest BCUT2D eigenvalue weighted by atomic mass is 9.82. The van der Waals surface area contributed by atoms with E-state index >= 15 is 0 Å². The SMILES string of the molecule is CC1(C)c2ccccc2-c2ccc(N(c3ccc(-c4ccccc4)cc3)c3ccc(-n4c5ccccc5c5c(-c6ccccc6)ccc(-c6ccccc6)c54)cc3)cc21. The van der Waals surface area contributed by atoms with Crippen LogP contribution in [0.1, 0.15) is 25.0 Å². The predicted octanol–water partition coefficient (Wildman–Crippen LogP) is 15.6. The Morgan fingerprint density at radius 3 is 1.56 bits per heavy atom.